The van der Waals surface area contributed by atoms with Gasteiger partial charge in [0.1, 0.15) is 0 Å². The Hall–Kier alpha value is -1.39. The summed E-state index contributed by atoms with van der Waals surface area (Å²) < 4.78 is 0. The van der Waals surface area contributed by atoms with Gasteiger partial charge in [-0.15, -0.1) is 0 Å². The van der Waals surface area contributed by atoms with E-state index in [9.17, 15) is 9.90 Å². The minimum absolute atomic E-state index is 0.0872. The van der Waals surface area contributed by atoms with Crippen LogP contribution in [0.4, 0.5) is 0 Å². The molecule has 0 radical (unpaired) electrons. The number of β-amino-alcohol motifs (C(OH)–C–C–N with tert-alkyl or cyclic N) is 1. The second-order valence-corrected chi connectivity index (χ2v) is 5.62. The summed E-state index contributed by atoms with van der Waals surface area (Å²) in [7, 11) is 0. The summed E-state index contributed by atoms with van der Waals surface area (Å²) >= 11 is 0. The molecule has 4 heteroatoms. The molecule has 4 nitrogen and oxygen atoms in total. The number of hydrogen-bond donors (Lipinski definition) is 2. The highest BCUT2D eigenvalue weighted by molar-refractivity contribution is 5.76. The first-order valence-corrected chi connectivity index (χ1v) is 6.79. The van der Waals surface area contributed by atoms with Gasteiger partial charge in [-0.25, -0.2) is 0 Å². The first-order chi connectivity index (χ1) is 8.98. The Morgan fingerprint density at radius 2 is 2.16 bits per heavy atom. The van der Waals surface area contributed by atoms with E-state index in [1.54, 1.807) is 11.8 Å². The monoisotopic (exact) mass is 262 g/mol. The summed E-state index contributed by atoms with van der Waals surface area (Å²) in [5, 5.41) is 9.85. The largest absolute Gasteiger partial charge is 0.388 e. The van der Waals surface area contributed by atoms with Crippen LogP contribution in [0.3, 0.4) is 0 Å². The third kappa shape index (κ3) is 3.78. The van der Waals surface area contributed by atoms with Crippen molar-refractivity contribution in [1.29, 1.82) is 0 Å². The molecule has 1 amide bonds. The molecule has 1 aliphatic heterocycles. The van der Waals surface area contributed by atoms with E-state index in [2.05, 4.69) is 0 Å². The Kier molecular flexibility index (Phi) is 4.22. The van der Waals surface area contributed by atoms with E-state index < -0.39 is 5.60 Å². The van der Waals surface area contributed by atoms with Crippen LogP contribution in [0.1, 0.15) is 37.8 Å². The lowest BCUT2D eigenvalue weighted by molar-refractivity contribution is -0.131. The molecular formula is C15H22N2O2. The van der Waals surface area contributed by atoms with E-state index in [4.69, 9.17) is 5.73 Å². The molecule has 2 atom stereocenters. The number of rotatable bonds is 4. The first-order valence-electron chi connectivity index (χ1n) is 6.79. The van der Waals surface area contributed by atoms with Gasteiger partial charge in [-0.05, 0) is 25.3 Å². The number of nitrogens with two attached hydrogens (primary N) is 1. The molecule has 1 aliphatic rings. The standard InChI is InChI=1S/C15H22N2O2/c1-15(19)9-10-17(11-15)14(18)8-7-13(16)12-5-3-2-4-6-12/h2-6,13,19H,7-11,16H2,1H3. The zero-order valence-electron chi connectivity index (χ0n) is 11.4. The summed E-state index contributed by atoms with van der Waals surface area (Å²) in [6.07, 6.45) is 1.73. The van der Waals surface area contributed by atoms with Crippen molar-refractivity contribution < 1.29 is 9.90 Å². The fraction of sp³-hybridized carbons (Fsp3) is 0.533. The molecule has 0 aromatic heterocycles. The van der Waals surface area contributed by atoms with Crippen molar-refractivity contribution in [3.63, 3.8) is 0 Å². The minimum atomic E-state index is -0.725. The van der Waals surface area contributed by atoms with E-state index in [1.807, 2.05) is 30.3 Å². The van der Waals surface area contributed by atoms with Crippen LogP contribution in [0, 0.1) is 0 Å². The van der Waals surface area contributed by atoms with E-state index >= 15 is 0 Å². The predicted octanol–water partition coefficient (Wildman–Crippen LogP) is 1.45. The first kappa shape index (κ1) is 14.0. The van der Waals surface area contributed by atoms with Gasteiger partial charge in [0.25, 0.3) is 0 Å². The Bertz CT molecular complexity index is 431. The molecule has 104 valence electrons. The lowest BCUT2D eigenvalue weighted by Gasteiger charge is -2.20. The Morgan fingerprint density at radius 3 is 2.74 bits per heavy atom. The summed E-state index contributed by atoms with van der Waals surface area (Å²) in [5.74, 6) is 0.0872. The highest BCUT2D eigenvalue weighted by atomic mass is 16.3. The van der Waals surface area contributed by atoms with Crippen molar-refractivity contribution in [3.05, 3.63) is 35.9 Å². The maximum Gasteiger partial charge on any atom is 0.222 e. The fourth-order valence-corrected chi connectivity index (χ4v) is 2.46. The zero-order valence-corrected chi connectivity index (χ0v) is 11.4. The van der Waals surface area contributed by atoms with Crippen LogP contribution in [0.25, 0.3) is 0 Å². The van der Waals surface area contributed by atoms with Gasteiger partial charge in [0.15, 0.2) is 0 Å². The Morgan fingerprint density at radius 1 is 1.47 bits per heavy atom. The zero-order chi connectivity index (χ0) is 13.9. The molecule has 2 unspecified atom stereocenters. The van der Waals surface area contributed by atoms with Crippen molar-refractivity contribution in [2.24, 2.45) is 5.73 Å². The van der Waals surface area contributed by atoms with E-state index in [-0.39, 0.29) is 11.9 Å². The molecule has 3 N–H and O–H groups in total. The van der Waals surface area contributed by atoms with Gasteiger partial charge in [0.05, 0.1) is 5.60 Å². The van der Waals surface area contributed by atoms with Crippen LogP contribution in [-0.4, -0.2) is 34.6 Å². The Balaban J connectivity index is 1.81. The van der Waals surface area contributed by atoms with Gasteiger partial charge >= 0.3 is 0 Å². The van der Waals surface area contributed by atoms with Crippen molar-refractivity contribution in [2.75, 3.05) is 13.1 Å². The molecular weight excluding hydrogens is 240 g/mol. The summed E-state index contributed by atoms with van der Waals surface area (Å²) in [5.41, 5.74) is 6.41. The van der Waals surface area contributed by atoms with Crippen LogP contribution in [-0.2, 0) is 4.79 Å². The molecule has 1 heterocycles. The average molecular weight is 262 g/mol. The lowest BCUT2D eigenvalue weighted by atomic mass is 10.0. The summed E-state index contributed by atoms with van der Waals surface area (Å²) in [6.45, 7) is 2.86. The van der Waals surface area contributed by atoms with Gasteiger partial charge in [0, 0.05) is 25.6 Å². The smallest absolute Gasteiger partial charge is 0.222 e. The quantitative estimate of drug-likeness (QED) is 0.863. The van der Waals surface area contributed by atoms with Crippen LogP contribution in [0.5, 0.6) is 0 Å². The summed E-state index contributed by atoms with van der Waals surface area (Å²) in [6, 6.07) is 9.72. The number of aliphatic hydroxyl groups is 1. The predicted molar refractivity (Wildman–Crippen MR) is 74.4 cm³/mol. The molecule has 1 fully saturated rings. The Labute approximate surface area is 114 Å². The van der Waals surface area contributed by atoms with E-state index in [1.165, 1.54) is 0 Å². The van der Waals surface area contributed by atoms with Gasteiger partial charge in [-0.1, -0.05) is 30.3 Å². The molecule has 0 aliphatic carbocycles. The number of hydrogen-bond acceptors (Lipinski definition) is 3. The number of likely N-dealkylation sites (tertiary alicyclic amines) is 1. The summed E-state index contributed by atoms with van der Waals surface area (Å²) in [4.78, 5) is 13.8. The maximum absolute atomic E-state index is 12.0. The molecule has 1 saturated heterocycles. The molecule has 2 rings (SSSR count). The molecule has 0 spiro atoms. The van der Waals surface area contributed by atoms with Crippen molar-refractivity contribution in [2.45, 2.75) is 37.8 Å². The third-order valence-corrected chi connectivity index (χ3v) is 3.70. The normalized spacial score (nSPS) is 24.5. The number of benzene rings is 1. The second kappa shape index (κ2) is 5.72. The van der Waals surface area contributed by atoms with Gasteiger partial charge in [-0.3, -0.25) is 4.79 Å². The molecule has 0 saturated carbocycles. The third-order valence-electron chi connectivity index (χ3n) is 3.70. The van der Waals surface area contributed by atoms with E-state index in [0.717, 1.165) is 5.56 Å². The second-order valence-electron chi connectivity index (χ2n) is 5.62. The molecule has 1 aromatic carbocycles. The molecule has 1 aromatic rings. The van der Waals surface area contributed by atoms with Crippen LogP contribution < -0.4 is 5.73 Å². The van der Waals surface area contributed by atoms with Gasteiger partial charge in [-0.2, -0.15) is 0 Å². The topological polar surface area (TPSA) is 66.6 Å². The number of nitrogens with zero attached hydrogens (tertiary/aromatic N) is 1. The SMILES string of the molecule is CC1(O)CCN(C(=O)CCC(N)c2ccccc2)C1. The number of amides is 1. The minimum Gasteiger partial charge on any atom is -0.388 e. The van der Waals surface area contributed by atoms with Gasteiger partial charge < -0.3 is 15.7 Å². The highest BCUT2D eigenvalue weighted by Gasteiger charge is 2.33. The fourth-order valence-electron chi connectivity index (χ4n) is 2.46. The van der Waals surface area contributed by atoms with Crippen LogP contribution in [0.2, 0.25) is 0 Å². The highest BCUT2D eigenvalue weighted by Crippen LogP contribution is 2.22. The molecule has 19 heavy (non-hydrogen) atoms. The average Bonchev–Trinajstić information content (AvgIpc) is 2.77. The number of carbonyl (C=O) groups is 1. The van der Waals surface area contributed by atoms with Crippen LogP contribution >= 0.6 is 0 Å². The lowest BCUT2D eigenvalue weighted by Crippen LogP contribution is -2.34. The van der Waals surface area contributed by atoms with Crippen LogP contribution in [0.15, 0.2) is 30.3 Å². The van der Waals surface area contributed by atoms with Crippen molar-refractivity contribution >= 4 is 5.91 Å². The molecule has 0 bridgehead atoms. The van der Waals surface area contributed by atoms with Crippen molar-refractivity contribution in [3.8, 4) is 0 Å². The maximum atomic E-state index is 12.0. The number of carbonyl (C=O) groups excluding carboxylic acids is 1. The van der Waals surface area contributed by atoms with Gasteiger partial charge in [0.2, 0.25) is 5.91 Å². The van der Waals surface area contributed by atoms with Crippen molar-refractivity contribution in [1.82, 2.24) is 4.90 Å². The van der Waals surface area contributed by atoms with E-state index in [0.29, 0.717) is 32.4 Å².